The maximum Gasteiger partial charge on any atom is 0.0939 e. The Hall–Kier alpha value is -0.0800. The first-order valence-corrected chi connectivity index (χ1v) is 8.36. The topological polar surface area (TPSA) is 29.5 Å². The smallest absolute Gasteiger partial charge is 0.0939 e. The molecule has 2 fully saturated rings. The zero-order chi connectivity index (χ0) is 13.9. The molecule has 0 aliphatic heterocycles. The van der Waals surface area contributed by atoms with Gasteiger partial charge in [0.2, 0.25) is 0 Å². The molecule has 0 amide bonds. The van der Waals surface area contributed by atoms with Gasteiger partial charge in [0.25, 0.3) is 0 Å². The van der Waals surface area contributed by atoms with Gasteiger partial charge < -0.3 is 9.84 Å². The maximum absolute atomic E-state index is 11.0. The number of hydrogen-bond donors (Lipinski definition) is 1. The highest BCUT2D eigenvalue weighted by Gasteiger charge is 2.46. The minimum absolute atomic E-state index is 0.248. The Kier molecular flexibility index (Phi) is 5.30. The highest BCUT2D eigenvalue weighted by molar-refractivity contribution is 4.97. The standard InChI is InChI=1S/C17H32O2/c1-4-14-7-5-6-8-15(14)16(18)17(19-3)11-9-13(2)10-12-17/h13-16,18H,4-12H2,1-3H3. The van der Waals surface area contributed by atoms with Crippen LogP contribution >= 0.6 is 0 Å². The quantitative estimate of drug-likeness (QED) is 0.829. The van der Waals surface area contributed by atoms with Crippen LogP contribution in [0.3, 0.4) is 0 Å². The van der Waals surface area contributed by atoms with Gasteiger partial charge in [-0.2, -0.15) is 0 Å². The van der Waals surface area contributed by atoms with Gasteiger partial charge in [0.1, 0.15) is 0 Å². The molecule has 3 unspecified atom stereocenters. The molecule has 0 saturated heterocycles. The Bertz CT molecular complexity index is 268. The van der Waals surface area contributed by atoms with Crippen LogP contribution < -0.4 is 0 Å². The second kappa shape index (κ2) is 6.58. The van der Waals surface area contributed by atoms with Gasteiger partial charge in [-0.3, -0.25) is 0 Å². The second-order valence-corrected chi connectivity index (χ2v) is 7.01. The zero-order valence-electron chi connectivity index (χ0n) is 13.0. The minimum atomic E-state index is -0.254. The first-order valence-electron chi connectivity index (χ1n) is 8.36. The van der Waals surface area contributed by atoms with Gasteiger partial charge in [-0.15, -0.1) is 0 Å². The molecule has 2 aliphatic rings. The Morgan fingerprint density at radius 1 is 1.16 bits per heavy atom. The molecule has 2 heteroatoms. The summed E-state index contributed by atoms with van der Waals surface area (Å²) in [6.45, 7) is 4.60. The largest absolute Gasteiger partial charge is 0.390 e. The predicted molar refractivity (Wildman–Crippen MR) is 79.1 cm³/mol. The van der Waals surface area contributed by atoms with Gasteiger partial charge in [0, 0.05) is 7.11 Å². The van der Waals surface area contributed by atoms with Crippen molar-refractivity contribution in [3.05, 3.63) is 0 Å². The third-order valence-electron chi connectivity index (χ3n) is 5.96. The molecule has 2 aliphatic carbocycles. The van der Waals surface area contributed by atoms with E-state index in [1.807, 2.05) is 7.11 Å². The van der Waals surface area contributed by atoms with Crippen LogP contribution in [0.1, 0.15) is 71.6 Å². The van der Waals surface area contributed by atoms with Crippen LogP contribution in [0.2, 0.25) is 0 Å². The van der Waals surface area contributed by atoms with E-state index < -0.39 is 0 Å². The fraction of sp³-hybridized carbons (Fsp3) is 1.00. The number of rotatable bonds is 4. The molecule has 2 nitrogen and oxygen atoms in total. The molecule has 0 radical (unpaired) electrons. The van der Waals surface area contributed by atoms with Crippen LogP contribution in [0.25, 0.3) is 0 Å². The van der Waals surface area contributed by atoms with Crippen molar-refractivity contribution in [3.63, 3.8) is 0 Å². The van der Waals surface area contributed by atoms with E-state index >= 15 is 0 Å². The molecule has 0 heterocycles. The van der Waals surface area contributed by atoms with E-state index in [4.69, 9.17) is 4.74 Å². The van der Waals surface area contributed by atoms with Crippen molar-refractivity contribution in [1.29, 1.82) is 0 Å². The summed E-state index contributed by atoms with van der Waals surface area (Å²) < 4.78 is 5.88. The van der Waals surface area contributed by atoms with E-state index in [-0.39, 0.29) is 11.7 Å². The van der Waals surface area contributed by atoms with Crippen molar-refractivity contribution in [2.24, 2.45) is 17.8 Å². The summed E-state index contributed by atoms with van der Waals surface area (Å²) in [6.07, 6.45) is 10.6. The van der Waals surface area contributed by atoms with Crippen LogP contribution in [0.5, 0.6) is 0 Å². The lowest BCUT2D eigenvalue weighted by atomic mass is 9.66. The summed E-state index contributed by atoms with van der Waals surface area (Å²) in [5.74, 6) is 1.96. The van der Waals surface area contributed by atoms with E-state index in [1.54, 1.807) is 0 Å². The van der Waals surface area contributed by atoms with Crippen LogP contribution in [0.15, 0.2) is 0 Å². The molecule has 0 aromatic rings. The third kappa shape index (κ3) is 3.16. The molecule has 112 valence electrons. The average Bonchev–Trinajstić information content (AvgIpc) is 2.47. The summed E-state index contributed by atoms with van der Waals surface area (Å²) in [4.78, 5) is 0. The zero-order valence-corrected chi connectivity index (χ0v) is 13.0. The van der Waals surface area contributed by atoms with E-state index in [0.717, 1.165) is 18.8 Å². The molecule has 0 aromatic carbocycles. The second-order valence-electron chi connectivity index (χ2n) is 7.01. The molecule has 3 atom stereocenters. The fourth-order valence-electron chi connectivity index (χ4n) is 4.42. The first-order chi connectivity index (χ1) is 9.13. The SMILES string of the molecule is CCC1CCCCC1C(O)C1(OC)CCC(C)CC1. The van der Waals surface area contributed by atoms with Gasteiger partial charge in [-0.25, -0.2) is 0 Å². The summed E-state index contributed by atoms with van der Waals surface area (Å²) in [5.41, 5.74) is -0.248. The average molecular weight is 268 g/mol. The minimum Gasteiger partial charge on any atom is -0.390 e. The number of methoxy groups -OCH3 is 1. The predicted octanol–water partition coefficient (Wildman–Crippen LogP) is 4.16. The van der Waals surface area contributed by atoms with Gasteiger partial charge in [0.15, 0.2) is 0 Å². The number of aliphatic hydroxyl groups is 1. The van der Waals surface area contributed by atoms with E-state index in [1.165, 1.54) is 44.9 Å². The van der Waals surface area contributed by atoms with Crippen LogP contribution in [-0.4, -0.2) is 23.9 Å². The molecule has 0 bridgehead atoms. The van der Waals surface area contributed by atoms with E-state index in [0.29, 0.717) is 11.8 Å². The molecule has 1 N–H and O–H groups in total. The van der Waals surface area contributed by atoms with Crippen molar-refractivity contribution in [2.45, 2.75) is 83.3 Å². The molecule has 19 heavy (non-hydrogen) atoms. The van der Waals surface area contributed by atoms with Gasteiger partial charge in [0.05, 0.1) is 11.7 Å². The van der Waals surface area contributed by atoms with E-state index in [2.05, 4.69) is 13.8 Å². The van der Waals surface area contributed by atoms with Crippen LogP contribution in [0, 0.1) is 17.8 Å². The highest BCUT2D eigenvalue weighted by Crippen LogP contribution is 2.44. The van der Waals surface area contributed by atoms with Crippen molar-refractivity contribution in [3.8, 4) is 0 Å². The molecule has 0 spiro atoms. The highest BCUT2D eigenvalue weighted by atomic mass is 16.5. The Morgan fingerprint density at radius 3 is 2.37 bits per heavy atom. The maximum atomic E-state index is 11.0. The lowest BCUT2D eigenvalue weighted by molar-refractivity contribution is -0.158. The van der Waals surface area contributed by atoms with Crippen LogP contribution in [-0.2, 0) is 4.74 Å². The monoisotopic (exact) mass is 268 g/mol. The molecule has 2 saturated carbocycles. The van der Waals surface area contributed by atoms with Crippen molar-refractivity contribution in [1.82, 2.24) is 0 Å². The summed E-state index contributed by atoms with van der Waals surface area (Å²) in [7, 11) is 1.81. The van der Waals surface area contributed by atoms with Crippen molar-refractivity contribution < 1.29 is 9.84 Å². The lowest BCUT2D eigenvalue weighted by Gasteiger charge is -2.47. The van der Waals surface area contributed by atoms with Crippen LogP contribution in [0.4, 0.5) is 0 Å². The summed E-state index contributed by atoms with van der Waals surface area (Å²) in [6, 6.07) is 0. The summed E-state index contributed by atoms with van der Waals surface area (Å²) >= 11 is 0. The third-order valence-corrected chi connectivity index (χ3v) is 5.96. The van der Waals surface area contributed by atoms with Crippen molar-refractivity contribution >= 4 is 0 Å². The van der Waals surface area contributed by atoms with Crippen molar-refractivity contribution in [2.75, 3.05) is 7.11 Å². The molecule has 0 aromatic heterocycles. The normalized spacial score (nSPS) is 42.0. The summed E-state index contributed by atoms with van der Waals surface area (Å²) in [5, 5.41) is 11.0. The number of ether oxygens (including phenoxy) is 1. The van der Waals surface area contributed by atoms with Gasteiger partial charge >= 0.3 is 0 Å². The number of aliphatic hydroxyl groups excluding tert-OH is 1. The number of hydrogen-bond acceptors (Lipinski definition) is 2. The molecule has 2 rings (SSSR count). The Morgan fingerprint density at radius 2 is 1.79 bits per heavy atom. The fourth-order valence-corrected chi connectivity index (χ4v) is 4.42. The molecular weight excluding hydrogens is 236 g/mol. The Labute approximate surface area is 118 Å². The van der Waals surface area contributed by atoms with E-state index in [9.17, 15) is 5.11 Å². The van der Waals surface area contributed by atoms with Gasteiger partial charge in [-0.1, -0.05) is 39.5 Å². The molecular formula is C17H32O2. The lowest BCUT2D eigenvalue weighted by Crippen LogP contribution is -2.52. The van der Waals surface area contributed by atoms with Gasteiger partial charge in [-0.05, 0) is 49.9 Å². The Balaban J connectivity index is 2.08. The first kappa shape index (κ1) is 15.3.